The van der Waals surface area contributed by atoms with Gasteiger partial charge in [-0.05, 0) is 46.7 Å². The molecule has 1 aliphatic heterocycles. The summed E-state index contributed by atoms with van der Waals surface area (Å²) in [5.41, 5.74) is 2.22. The molecule has 2 heterocycles. The van der Waals surface area contributed by atoms with Crippen LogP contribution in [0.2, 0.25) is 0 Å². The van der Waals surface area contributed by atoms with E-state index in [0.29, 0.717) is 6.54 Å². The second kappa shape index (κ2) is 6.88. The third kappa shape index (κ3) is 3.60. The SMILES string of the molecule is Cc1ncn(CCNC(=O)[C@H](C)N2CCCCC2)c1C. The molecule has 1 saturated heterocycles. The Balaban J connectivity index is 1.75. The number of hydrogen-bond acceptors (Lipinski definition) is 3. The van der Waals surface area contributed by atoms with E-state index in [9.17, 15) is 4.79 Å². The van der Waals surface area contributed by atoms with Crippen LogP contribution in [0, 0.1) is 13.8 Å². The van der Waals surface area contributed by atoms with E-state index in [4.69, 9.17) is 0 Å². The Morgan fingerprint density at radius 2 is 2.05 bits per heavy atom. The minimum Gasteiger partial charge on any atom is -0.353 e. The molecule has 0 bridgehead atoms. The Hall–Kier alpha value is -1.36. The van der Waals surface area contributed by atoms with Crippen molar-refractivity contribution in [2.75, 3.05) is 19.6 Å². The summed E-state index contributed by atoms with van der Waals surface area (Å²) in [6.45, 7) is 9.61. The summed E-state index contributed by atoms with van der Waals surface area (Å²) < 4.78 is 2.08. The van der Waals surface area contributed by atoms with Crippen LogP contribution in [-0.4, -0.2) is 46.0 Å². The van der Waals surface area contributed by atoms with Crippen LogP contribution in [0.15, 0.2) is 6.33 Å². The van der Waals surface area contributed by atoms with Crippen molar-refractivity contribution in [3.63, 3.8) is 0 Å². The second-order valence-corrected chi connectivity index (χ2v) is 5.67. The Kier molecular flexibility index (Phi) is 5.17. The summed E-state index contributed by atoms with van der Waals surface area (Å²) in [4.78, 5) is 18.7. The Morgan fingerprint density at radius 1 is 1.35 bits per heavy atom. The lowest BCUT2D eigenvalue weighted by Crippen LogP contribution is -2.47. The van der Waals surface area contributed by atoms with Crippen molar-refractivity contribution >= 4 is 5.91 Å². The highest BCUT2D eigenvalue weighted by Crippen LogP contribution is 2.12. The maximum atomic E-state index is 12.1. The van der Waals surface area contributed by atoms with Crippen LogP contribution in [-0.2, 0) is 11.3 Å². The van der Waals surface area contributed by atoms with Gasteiger partial charge in [0.05, 0.1) is 18.1 Å². The first-order valence-corrected chi connectivity index (χ1v) is 7.59. The molecular weight excluding hydrogens is 252 g/mol. The van der Waals surface area contributed by atoms with Crippen molar-refractivity contribution in [3.05, 3.63) is 17.7 Å². The Morgan fingerprint density at radius 3 is 2.65 bits per heavy atom. The number of nitrogens with one attached hydrogen (secondary N) is 1. The van der Waals surface area contributed by atoms with Crippen LogP contribution in [0.4, 0.5) is 0 Å². The molecule has 0 spiro atoms. The quantitative estimate of drug-likeness (QED) is 0.888. The molecule has 1 N–H and O–H groups in total. The molecule has 1 aliphatic rings. The van der Waals surface area contributed by atoms with Crippen molar-refractivity contribution in [3.8, 4) is 0 Å². The van der Waals surface area contributed by atoms with Gasteiger partial charge in [0.15, 0.2) is 0 Å². The average molecular weight is 278 g/mol. The summed E-state index contributed by atoms with van der Waals surface area (Å²) >= 11 is 0. The average Bonchev–Trinajstić information content (AvgIpc) is 2.79. The van der Waals surface area contributed by atoms with Crippen molar-refractivity contribution < 1.29 is 4.79 Å². The maximum Gasteiger partial charge on any atom is 0.237 e. The molecule has 5 heteroatoms. The molecular formula is C15H26N4O. The van der Waals surface area contributed by atoms with E-state index >= 15 is 0 Å². The fourth-order valence-corrected chi connectivity index (χ4v) is 2.69. The van der Waals surface area contributed by atoms with Crippen molar-refractivity contribution in [1.82, 2.24) is 19.8 Å². The van der Waals surface area contributed by atoms with Gasteiger partial charge in [-0.15, -0.1) is 0 Å². The number of carbonyl (C=O) groups is 1. The summed E-state index contributed by atoms with van der Waals surface area (Å²) in [7, 11) is 0. The molecule has 1 fully saturated rings. The molecule has 1 aromatic heterocycles. The molecule has 0 radical (unpaired) electrons. The number of aryl methyl sites for hydroxylation is 1. The van der Waals surface area contributed by atoms with Crippen molar-refractivity contribution in [2.24, 2.45) is 0 Å². The van der Waals surface area contributed by atoms with E-state index < -0.39 is 0 Å². The van der Waals surface area contributed by atoms with Crippen molar-refractivity contribution in [1.29, 1.82) is 0 Å². The number of amides is 1. The highest BCUT2D eigenvalue weighted by molar-refractivity contribution is 5.81. The predicted octanol–water partition coefficient (Wildman–Crippen LogP) is 1.49. The molecule has 20 heavy (non-hydrogen) atoms. The topological polar surface area (TPSA) is 50.2 Å². The zero-order valence-electron chi connectivity index (χ0n) is 12.9. The number of nitrogens with zero attached hydrogens (tertiary/aromatic N) is 3. The van der Waals surface area contributed by atoms with E-state index in [1.165, 1.54) is 25.0 Å². The standard InChI is InChI=1S/C15H26N4O/c1-12-13(2)19(11-17-12)10-7-16-15(20)14(3)18-8-5-4-6-9-18/h11,14H,4-10H2,1-3H3,(H,16,20)/t14-/m0/s1. The fourth-order valence-electron chi connectivity index (χ4n) is 2.69. The molecule has 0 aromatic carbocycles. The minimum atomic E-state index is -0.0130. The first-order chi connectivity index (χ1) is 9.59. The maximum absolute atomic E-state index is 12.1. The van der Waals surface area contributed by atoms with Gasteiger partial charge in [0.2, 0.25) is 5.91 Å². The predicted molar refractivity (Wildman–Crippen MR) is 79.6 cm³/mol. The number of likely N-dealkylation sites (tertiary alicyclic amines) is 1. The first kappa shape index (κ1) is 15.0. The molecule has 1 atom stereocenters. The van der Waals surface area contributed by atoms with Crippen LogP contribution in [0.3, 0.4) is 0 Å². The molecule has 0 unspecified atom stereocenters. The van der Waals surface area contributed by atoms with Gasteiger partial charge >= 0.3 is 0 Å². The van der Waals surface area contributed by atoms with Gasteiger partial charge in [-0.2, -0.15) is 0 Å². The van der Waals surface area contributed by atoms with Crippen LogP contribution in [0.5, 0.6) is 0 Å². The molecule has 0 aliphatic carbocycles. The normalized spacial score (nSPS) is 17.9. The third-order valence-corrected chi connectivity index (χ3v) is 4.31. The number of hydrogen-bond donors (Lipinski definition) is 1. The number of rotatable bonds is 5. The van der Waals surface area contributed by atoms with Crippen molar-refractivity contribution in [2.45, 2.75) is 52.6 Å². The molecule has 112 valence electrons. The molecule has 5 nitrogen and oxygen atoms in total. The van der Waals surface area contributed by atoms with Gasteiger partial charge in [0.1, 0.15) is 0 Å². The van der Waals surface area contributed by atoms with Gasteiger partial charge in [0.25, 0.3) is 0 Å². The molecule has 2 rings (SSSR count). The molecule has 1 amide bonds. The third-order valence-electron chi connectivity index (χ3n) is 4.31. The van der Waals surface area contributed by atoms with Gasteiger partial charge in [-0.3, -0.25) is 9.69 Å². The second-order valence-electron chi connectivity index (χ2n) is 5.67. The van der Waals surface area contributed by atoms with E-state index in [1.807, 2.05) is 20.2 Å². The van der Waals surface area contributed by atoms with E-state index in [2.05, 4.69) is 26.7 Å². The summed E-state index contributed by atoms with van der Waals surface area (Å²) in [5.74, 6) is 0.140. The smallest absolute Gasteiger partial charge is 0.237 e. The van der Waals surface area contributed by atoms with Crippen LogP contribution < -0.4 is 5.32 Å². The van der Waals surface area contributed by atoms with Gasteiger partial charge in [-0.25, -0.2) is 4.98 Å². The van der Waals surface area contributed by atoms with E-state index in [0.717, 1.165) is 25.3 Å². The number of aromatic nitrogens is 2. The molecule has 0 saturated carbocycles. The number of piperidine rings is 1. The summed E-state index contributed by atoms with van der Waals surface area (Å²) in [6, 6.07) is -0.0130. The van der Waals surface area contributed by atoms with E-state index in [-0.39, 0.29) is 11.9 Å². The largest absolute Gasteiger partial charge is 0.353 e. The summed E-state index contributed by atoms with van der Waals surface area (Å²) in [6.07, 6.45) is 5.56. The lowest BCUT2D eigenvalue weighted by molar-refractivity contribution is -0.126. The fraction of sp³-hybridized carbons (Fsp3) is 0.733. The lowest BCUT2D eigenvalue weighted by atomic mass is 10.1. The number of imidazole rings is 1. The van der Waals surface area contributed by atoms with Gasteiger partial charge < -0.3 is 9.88 Å². The zero-order chi connectivity index (χ0) is 14.5. The Labute approximate surface area is 121 Å². The van der Waals surface area contributed by atoms with Crippen LogP contribution in [0.1, 0.15) is 37.6 Å². The molecule has 1 aromatic rings. The zero-order valence-corrected chi connectivity index (χ0v) is 12.9. The van der Waals surface area contributed by atoms with Crippen LogP contribution >= 0.6 is 0 Å². The summed E-state index contributed by atoms with van der Waals surface area (Å²) in [5, 5.41) is 3.04. The highest BCUT2D eigenvalue weighted by Gasteiger charge is 2.22. The highest BCUT2D eigenvalue weighted by atomic mass is 16.2. The lowest BCUT2D eigenvalue weighted by Gasteiger charge is -2.31. The monoisotopic (exact) mass is 278 g/mol. The van der Waals surface area contributed by atoms with Crippen LogP contribution in [0.25, 0.3) is 0 Å². The minimum absolute atomic E-state index is 0.0130. The first-order valence-electron chi connectivity index (χ1n) is 7.59. The van der Waals surface area contributed by atoms with Gasteiger partial charge in [0, 0.05) is 18.8 Å². The van der Waals surface area contributed by atoms with E-state index in [1.54, 1.807) is 0 Å². The van der Waals surface area contributed by atoms with Gasteiger partial charge in [-0.1, -0.05) is 6.42 Å². The Bertz CT molecular complexity index is 449. The number of carbonyl (C=O) groups excluding carboxylic acids is 1.